The van der Waals surface area contributed by atoms with E-state index in [4.69, 9.17) is 0 Å². The molecule has 0 bridgehead atoms. The van der Waals surface area contributed by atoms with Gasteiger partial charge in [0, 0.05) is 23.0 Å². The van der Waals surface area contributed by atoms with E-state index in [1.807, 2.05) is 20.8 Å². The Morgan fingerprint density at radius 2 is 2.17 bits per heavy atom. The quantitative estimate of drug-likeness (QED) is 0.783. The van der Waals surface area contributed by atoms with Crippen LogP contribution in [0.25, 0.3) is 10.9 Å². The minimum absolute atomic E-state index is 0.123. The first-order chi connectivity index (χ1) is 8.38. The van der Waals surface area contributed by atoms with Crippen molar-refractivity contribution < 1.29 is 9.50 Å². The Kier molecular flexibility index (Phi) is 3.36. The molecule has 0 aliphatic carbocycles. The maximum absolute atomic E-state index is 13.8. The number of H-pyrrole nitrogens is 1. The van der Waals surface area contributed by atoms with Gasteiger partial charge < -0.3 is 10.4 Å². The number of aromatic nitrogens is 2. The summed E-state index contributed by atoms with van der Waals surface area (Å²) in [6, 6.07) is 2.96. The summed E-state index contributed by atoms with van der Waals surface area (Å²) in [6.07, 6.45) is 0.638. The number of fused-ring (bicyclic) bond motifs is 1. The number of halogens is 1. The molecular weight excluding hydrogens is 233 g/mol. The lowest BCUT2D eigenvalue weighted by atomic mass is 10.0. The summed E-state index contributed by atoms with van der Waals surface area (Å²) in [5.74, 6) is -0.410. The predicted octanol–water partition coefficient (Wildman–Crippen LogP) is 2.12. The van der Waals surface area contributed by atoms with Crippen LogP contribution in [0.1, 0.15) is 32.4 Å². The molecule has 1 heterocycles. The summed E-state index contributed by atoms with van der Waals surface area (Å²) in [4.78, 5) is 0. The van der Waals surface area contributed by atoms with Crippen LogP contribution in [0, 0.1) is 5.82 Å². The van der Waals surface area contributed by atoms with Crippen molar-refractivity contribution in [2.75, 3.05) is 6.54 Å². The number of hydrogen-bond acceptors (Lipinski definition) is 3. The van der Waals surface area contributed by atoms with E-state index in [0.29, 0.717) is 11.9 Å². The van der Waals surface area contributed by atoms with Gasteiger partial charge in [-0.05, 0) is 32.9 Å². The van der Waals surface area contributed by atoms with Crippen LogP contribution in [0.2, 0.25) is 0 Å². The lowest BCUT2D eigenvalue weighted by molar-refractivity contribution is 0.160. The zero-order valence-corrected chi connectivity index (χ0v) is 10.8. The van der Waals surface area contributed by atoms with Gasteiger partial charge in [0.2, 0.25) is 0 Å². The standard InChI is InChI=1S/C13H18FN3O/c1-13(2,3)15-7-11(18)12-8-6-16-17-10(8)5-4-9(12)14/h4-6,11,15,18H,7H2,1-3H3,(H,16,17)/t11-/m0/s1. The summed E-state index contributed by atoms with van der Waals surface area (Å²) < 4.78 is 13.8. The highest BCUT2D eigenvalue weighted by molar-refractivity contribution is 5.82. The summed E-state index contributed by atoms with van der Waals surface area (Å²) in [7, 11) is 0. The lowest BCUT2D eigenvalue weighted by Crippen LogP contribution is -2.38. The van der Waals surface area contributed by atoms with Crippen molar-refractivity contribution in [3.05, 3.63) is 29.7 Å². The highest BCUT2D eigenvalue weighted by Crippen LogP contribution is 2.25. The van der Waals surface area contributed by atoms with E-state index >= 15 is 0 Å². The molecule has 0 saturated heterocycles. The van der Waals surface area contributed by atoms with E-state index in [2.05, 4.69) is 15.5 Å². The van der Waals surface area contributed by atoms with Crippen molar-refractivity contribution in [3.63, 3.8) is 0 Å². The average molecular weight is 251 g/mol. The molecule has 0 aliphatic heterocycles. The first kappa shape index (κ1) is 13.0. The number of aliphatic hydroxyl groups is 1. The van der Waals surface area contributed by atoms with Crippen molar-refractivity contribution in [2.24, 2.45) is 0 Å². The zero-order chi connectivity index (χ0) is 13.3. The van der Waals surface area contributed by atoms with Crippen LogP contribution in [-0.4, -0.2) is 27.4 Å². The van der Waals surface area contributed by atoms with Gasteiger partial charge in [-0.1, -0.05) is 0 Å². The Hall–Kier alpha value is -1.46. The molecule has 1 atom stereocenters. The number of rotatable bonds is 3. The predicted molar refractivity (Wildman–Crippen MR) is 68.8 cm³/mol. The maximum atomic E-state index is 13.8. The summed E-state index contributed by atoms with van der Waals surface area (Å²) >= 11 is 0. The van der Waals surface area contributed by atoms with Gasteiger partial charge >= 0.3 is 0 Å². The number of hydrogen-bond donors (Lipinski definition) is 3. The van der Waals surface area contributed by atoms with E-state index in [1.165, 1.54) is 12.3 Å². The van der Waals surface area contributed by atoms with Gasteiger partial charge in [-0.3, -0.25) is 5.10 Å². The molecule has 0 saturated carbocycles. The van der Waals surface area contributed by atoms with Crippen molar-refractivity contribution in [1.82, 2.24) is 15.5 Å². The Morgan fingerprint density at radius 1 is 1.44 bits per heavy atom. The number of aliphatic hydroxyl groups excluding tert-OH is 1. The normalized spacial score (nSPS) is 14.1. The first-order valence-corrected chi connectivity index (χ1v) is 5.93. The summed E-state index contributed by atoms with van der Waals surface area (Å²) in [5, 5.41) is 20.6. The van der Waals surface area contributed by atoms with Gasteiger partial charge in [-0.2, -0.15) is 5.10 Å². The largest absolute Gasteiger partial charge is 0.387 e. The van der Waals surface area contributed by atoms with Crippen molar-refractivity contribution in [1.29, 1.82) is 0 Å². The van der Waals surface area contributed by atoms with Gasteiger partial charge in [0.1, 0.15) is 5.82 Å². The SMILES string of the molecule is CC(C)(C)NC[C@H](O)c1c(F)ccc2[nH]ncc12. The number of β-amino-alcohol motifs (C(OH)–C–C–N with tert-alkyl or cyclic N) is 1. The summed E-state index contributed by atoms with van der Waals surface area (Å²) in [5.41, 5.74) is 0.890. The first-order valence-electron chi connectivity index (χ1n) is 5.93. The number of nitrogens with one attached hydrogen (secondary N) is 2. The Labute approximate surface area is 105 Å². The van der Waals surface area contributed by atoms with E-state index in [9.17, 15) is 9.50 Å². The molecule has 98 valence electrons. The van der Waals surface area contributed by atoms with Crippen LogP contribution in [0.5, 0.6) is 0 Å². The Balaban J connectivity index is 2.29. The van der Waals surface area contributed by atoms with E-state index in [0.717, 1.165) is 5.52 Å². The van der Waals surface area contributed by atoms with E-state index < -0.39 is 11.9 Å². The number of benzene rings is 1. The molecule has 0 fully saturated rings. The van der Waals surface area contributed by atoms with Crippen LogP contribution < -0.4 is 5.32 Å². The Bertz CT molecular complexity index is 545. The van der Waals surface area contributed by atoms with Gasteiger partial charge in [-0.25, -0.2) is 4.39 Å². The highest BCUT2D eigenvalue weighted by Gasteiger charge is 2.19. The van der Waals surface area contributed by atoms with Crippen molar-refractivity contribution in [3.8, 4) is 0 Å². The maximum Gasteiger partial charge on any atom is 0.129 e. The monoisotopic (exact) mass is 251 g/mol. The molecule has 0 amide bonds. The highest BCUT2D eigenvalue weighted by atomic mass is 19.1. The smallest absolute Gasteiger partial charge is 0.129 e. The number of aromatic amines is 1. The average Bonchev–Trinajstić information content (AvgIpc) is 2.72. The van der Waals surface area contributed by atoms with Gasteiger partial charge in [0.15, 0.2) is 0 Å². The Morgan fingerprint density at radius 3 is 2.83 bits per heavy atom. The molecule has 0 spiro atoms. The summed E-state index contributed by atoms with van der Waals surface area (Å²) in [6.45, 7) is 6.28. The third-order valence-corrected chi connectivity index (χ3v) is 2.77. The molecule has 1 aromatic carbocycles. The molecule has 1 aromatic heterocycles. The molecule has 0 radical (unpaired) electrons. The second-order valence-electron chi connectivity index (χ2n) is 5.44. The van der Waals surface area contributed by atoms with Crippen LogP contribution in [-0.2, 0) is 0 Å². The van der Waals surface area contributed by atoms with E-state index in [-0.39, 0.29) is 11.1 Å². The van der Waals surface area contributed by atoms with Crippen LogP contribution >= 0.6 is 0 Å². The zero-order valence-electron chi connectivity index (χ0n) is 10.8. The number of nitrogens with zero attached hydrogens (tertiary/aromatic N) is 1. The molecule has 2 rings (SSSR count). The third-order valence-electron chi connectivity index (χ3n) is 2.77. The molecule has 4 nitrogen and oxygen atoms in total. The van der Waals surface area contributed by atoms with Crippen LogP contribution in [0.3, 0.4) is 0 Å². The molecule has 5 heteroatoms. The van der Waals surface area contributed by atoms with Crippen molar-refractivity contribution in [2.45, 2.75) is 32.4 Å². The third kappa shape index (κ3) is 2.68. The minimum atomic E-state index is -0.898. The van der Waals surface area contributed by atoms with E-state index in [1.54, 1.807) is 6.07 Å². The molecule has 3 N–H and O–H groups in total. The lowest BCUT2D eigenvalue weighted by Gasteiger charge is -2.23. The fourth-order valence-corrected chi connectivity index (χ4v) is 1.86. The molecule has 18 heavy (non-hydrogen) atoms. The molecular formula is C13H18FN3O. The molecule has 2 aromatic rings. The fourth-order valence-electron chi connectivity index (χ4n) is 1.86. The van der Waals surface area contributed by atoms with Crippen LogP contribution in [0.15, 0.2) is 18.3 Å². The second kappa shape index (κ2) is 4.66. The molecule has 0 unspecified atom stereocenters. The topological polar surface area (TPSA) is 60.9 Å². The van der Waals surface area contributed by atoms with Gasteiger partial charge in [0.25, 0.3) is 0 Å². The van der Waals surface area contributed by atoms with Gasteiger partial charge in [0.05, 0.1) is 17.8 Å². The molecule has 0 aliphatic rings. The fraction of sp³-hybridized carbons (Fsp3) is 0.462. The van der Waals surface area contributed by atoms with Crippen LogP contribution in [0.4, 0.5) is 4.39 Å². The minimum Gasteiger partial charge on any atom is -0.387 e. The second-order valence-corrected chi connectivity index (χ2v) is 5.44. The van der Waals surface area contributed by atoms with Crippen molar-refractivity contribution >= 4 is 10.9 Å². The van der Waals surface area contributed by atoms with Gasteiger partial charge in [-0.15, -0.1) is 0 Å².